The van der Waals surface area contributed by atoms with Gasteiger partial charge in [-0.15, -0.1) is 0 Å². The lowest BCUT2D eigenvalue weighted by Gasteiger charge is -2.34. The van der Waals surface area contributed by atoms with Gasteiger partial charge >= 0.3 is 13.1 Å². The van der Waals surface area contributed by atoms with E-state index in [-0.39, 0.29) is 12.2 Å². The van der Waals surface area contributed by atoms with E-state index in [9.17, 15) is 4.79 Å². The highest BCUT2D eigenvalue weighted by atomic mass is 16.7. The van der Waals surface area contributed by atoms with Crippen LogP contribution in [0.2, 0.25) is 0 Å². The van der Waals surface area contributed by atoms with Crippen molar-refractivity contribution in [2.45, 2.75) is 58.5 Å². The predicted molar refractivity (Wildman–Crippen MR) is 114 cm³/mol. The van der Waals surface area contributed by atoms with Crippen molar-refractivity contribution in [3.8, 4) is 11.5 Å². The molecular formula is C21H29BN2O6. The summed E-state index contributed by atoms with van der Waals surface area (Å²) in [4.78, 5) is 12.8. The molecule has 1 aromatic carbocycles. The standard InChI is InChI=1S/C21H29BN2O6/c1-19(2)20(3,4)30-22(29-19)14-8-9-15(26-12-13(10-23)11-24-7)16-17(14)27-21(5,6)28-18(16)25/h8-11,23-24H,12H2,1-7H3/b13-11+,23-10?. The number of benzene rings is 1. The lowest BCUT2D eigenvalue weighted by Crippen LogP contribution is -2.44. The predicted octanol–water partition coefficient (Wildman–Crippen LogP) is 2.40. The molecular weight excluding hydrogens is 387 g/mol. The van der Waals surface area contributed by atoms with E-state index < -0.39 is 30.1 Å². The molecule has 30 heavy (non-hydrogen) atoms. The molecule has 0 aromatic heterocycles. The maximum atomic E-state index is 12.8. The van der Waals surface area contributed by atoms with E-state index in [4.69, 9.17) is 28.9 Å². The molecule has 2 aliphatic rings. The number of esters is 1. The molecule has 0 spiro atoms. The minimum absolute atomic E-state index is 0.100. The van der Waals surface area contributed by atoms with Gasteiger partial charge in [0.15, 0.2) is 0 Å². The summed E-state index contributed by atoms with van der Waals surface area (Å²) in [6, 6.07) is 3.44. The molecule has 0 atom stereocenters. The quantitative estimate of drug-likeness (QED) is 0.417. The molecule has 0 amide bonds. The highest BCUT2D eigenvalue weighted by Crippen LogP contribution is 2.40. The molecule has 0 radical (unpaired) electrons. The number of ether oxygens (including phenoxy) is 3. The summed E-state index contributed by atoms with van der Waals surface area (Å²) < 4.78 is 29.6. The zero-order valence-electron chi connectivity index (χ0n) is 18.5. The molecule has 2 N–H and O–H groups in total. The number of carbonyl (C=O) groups is 1. The van der Waals surface area contributed by atoms with Crippen molar-refractivity contribution < 1.29 is 28.3 Å². The molecule has 2 heterocycles. The maximum Gasteiger partial charge on any atom is 0.498 e. The minimum Gasteiger partial charge on any atom is -0.488 e. The summed E-state index contributed by atoms with van der Waals surface area (Å²) in [5, 5.41) is 10.3. The van der Waals surface area contributed by atoms with Crippen LogP contribution < -0.4 is 20.3 Å². The zero-order chi connectivity index (χ0) is 22.3. The average molecular weight is 416 g/mol. The molecule has 9 heteroatoms. The van der Waals surface area contributed by atoms with Gasteiger partial charge in [0.05, 0.1) is 11.2 Å². The summed E-state index contributed by atoms with van der Waals surface area (Å²) in [5.74, 6) is -1.08. The van der Waals surface area contributed by atoms with E-state index in [1.54, 1.807) is 39.2 Å². The van der Waals surface area contributed by atoms with E-state index in [0.29, 0.717) is 22.5 Å². The topological polar surface area (TPSA) is 99.1 Å². The van der Waals surface area contributed by atoms with Crippen molar-refractivity contribution >= 4 is 24.8 Å². The second-order valence-corrected chi connectivity index (χ2v) is 8.78. The smallest absolute Gasteiger partial charge is 0.488 e. The second kappa shape index (κ2) is 7.63. The van der Waals surface area contributed by atoms with Crippen LogP contribution in [-0.4, -0.2) is 49.9 Å². The summed E-state index contributed by atoms with van der Waals surface area (Å²) in [7, 11) is 1.03. The first-order valence-electron chi connectivity index (χ1n) is 9.85. The number of hydrogen-bond donors (Lipinski definition) is 2. The first-order chi connectivity index (χ1) is 13.9. The van der Waals surface area contributed by atoms with Crippen molar-refractivity contribution in [3.05, 3.63) is 29.5 Å². The fourth-order valence-electron chi connectivity index (χ4n) is 3.17. The third-order valence-corrected chi connectivity index (χ3v) is 5.46. The largest absolute Gasteiger partial charge is 0.498 e. The number of cyclic esters (lactones) is 1. The van der Waals surface area contributed by atoms with Gasteiger partial charge in [-0.1, -0.05) is 6.07 Å². The van der Waals surface area contributed by atoms with Gasteiger partial charge in [0.1, 0.15) is 23.7 Å². The molecule has 2 aliphatic heterocycles. The minimum atomic E-state index is -1.15. The summed E-state index contributed by atoms with van der Waals surface area (Å²) in [6.07, 6.45) is 2.83. The first kappa shape index (κ1) is 22.2. The Labute approximate surface area is 177 Å². The van der Waals surface area contributed by atoms with Crippen LogP contribution in [0.5, 0.6) is 11.5 Å². The van der Waals surface area contributed by atoms with Crippen LogP contribution in [0.1, 0.15) is 51.9 Å². The molecule has 8 nitrogen and oxygen atoms in total. The van der Waals surface area contributed by atoms with Crippen molar-refractivity contribution in [2.75, 3.05) is 13.7 Å². The van der Waals surface area contributed by atoms with Crippen LogP contribution >= 0.6 is 0 Å². The summed E-state index contributed by atoms with van der Waals surface area (Å²) in [6.45, 7) is 11.3. The van der Waals surface area contributed by atoms with Gasteiger partial charge < -0.3 is 34.2 Å². The second-order valence-electron chi connectivity index (χ2n) is 8.78. The van der Waals surface area contributed by atoms with E-state index in [2.05, 4.69) is 5.32 Å². The average Bonchev–Trinajstić information content (AvgIpc) is 2.84. The van der Waals surface area contributed by atoms with Crippen molar-refractivity contribution in [3.63, 3.8) is 0 Å². The Balaban J connectivity index is 2.03. The summed E-state index contributed by atoms with van der Waals surface area (Å²) in [5.41, 5.74) is 0.295. The number of hydrogen-bond acceptors (Lipinski definition) is 8. The molecule has 0 unspecified atom stereocenters. The van der Waals surface area contributed by atoms with Crippen molar-refractivity contribution in [1.82, 2.24) is 5.32 Å². The van der Waals surface area contributed by atoms with Crippen molar-refractivity contribution in [2.24, 2.45) is 0 Å². The molecule has 0 saturated carbocycles. The Morgan fingerprint density at radius 1 is 1.13 bits per heavy atom. The van der Waals surface area contributed by atoms with Crippen LogP contribution in [0.15, 0.2) is 23.9 Å². The third kappa shape index (κ3) is 4.04. The lowest BCUT2D eigenvalue weighted by molar-refractivity contribution is -0.127. The molecule has 1 aromatic rings. The van der Waals surface area contributed by atoms with E-state index in [0.717, 1.165) is 0 Å². The van der Waals surface area contributed by atoms with Crippen LogP contribution in [0.3, 0.4) is 0 Å². The van der Waals surface area contributed by atoms with Crippen LogP contribution in [0.4, 0.5) is 0 Å². The number of fused-ring (bicyclic) bond motifs is 1. The highest BCUT2D eigenvalue weighted by molar-refractivity contribution is 6.63. The highest BCUT2D eigenvalue weighted by Gasteiger charge is 2.53. The Morgan fingerprint density at radius 3 is 2.33 bits per heavy atom. The molecule has 0 bridgehead atoms. The van der Waals surface area contributed by atoms with Gasteiger partial charge in [0, 0.05) is 44.3 Å². The van der Waals surface area contributed by atoms with Gasteiger partial charge in [0.25, 0.3) is 0 Å². The van der Waals surface area contributed by atoms with E-state index >= 15 is 0 Å². The Bertz CT molecular complexity index is 878. The van der Waals surface area contributed by atoms with E-state index in [1.165, 1.54) is 6.21 Å². The van der Waals surface area contributed by atoms with Crippen LogP contribution in [0, 0.1) is 5.41 Å². The van der Waals surface area contributed by atoms with Gasteiger partial charge in [0.2, 0.25) is 5.79 Å². The van der Waals surface area contributed by atoms with Crippen LogP contribution in [-0.2, 0) is 14.0 Å². The number of rotatable bonds is 6. The molecule has 1 fully saturated rings. The third-order valence-electron chi connectivity index (χ3n) is 5.46. The van der Waals surface area contributed by atoms with Crippen molar-refractivity contribution in [1.29, 1.82) is 5.41 Å². The lowest BCUT2D eigenvalue weighted by atomic mass is 9.77. The van der Waals surface area contributed by atoms with Crippen LogP contribution in [0.25, 0.3) is 0 Å². The normalized spacial score (nSPS) is 21.4. The monoisotopic (exact) mass is 416 g/mol. The zero-order valence-corrected chi connectivity index (χ0v) is 18.5. The Morgan fingerprint density at radius 2 is 1.77 bits per heavy atom. The fraction of sp³-hybridized carbons (Fsp3) is 0.524. The van der Waals surface area contributed by atoms with E-state index in [1.807, 2.05) is 27.7 Å². The van der Waals surface area contributed by atoms with Gasteiger partial charge in [-0.3, -0.25) is 0 Å². The molecule has 1 saturated heterocycles. The van der Waals surface area contributed by atoms with Gasteiger partial charge in [-0.05, 0) is 33.8 Å². The van der Waals surface area contributed by atoms with Gasteiger partial charge in [-0.25, -0.2) is 4.79 Å². The Kier molecular flexibility index (Phi) is 5.64. The molecule has 162 valence electrons. The molecule has 0 aliphatic carbocycles. The SMILES string of the molecule is CN/C=C(\C=N)COc1ccc(B2OC(C)(C)C(C)(C)O2)c2c1C(=O)OC(C)(C)O2. The first-order valence-corrected chi connectivity index (χ1v) is 9.85. The maximum absolute atomic E-state index is 12.8. The molecule has 3 rings (SSSR count). The number of carbonyl (C=O) groups excluding carboxylic acids is 1. The summed E-state index contributed by atoms with van der Waals surface area (Å²) >= 11 is 0. The van der Waals surface area contributed by atoms with Gasteiger partial charge in [-0.2, -0.15) is 0 Å². The fourth-order valence-corrected chi connectivity index (χ4v) is 3.17. The number of nitrogens with one attached hydrogen (secondary N) is 2. The Hall–Kier alpha value is -2.52.